The number of alkyl halides is 1. The molecule has 4 bridgehead atoms. The molecule has 0 saturated carbocycles. The fourth-order valence-corrected chi connectivity index (χ4v) is 10.7. The van der Waals surface area contributed by atoms with Gasteiger partial charge in [0.2, 0.25) is 0 Å². The summed E-state index contributed by atoms with van der Waals surface area (Å²) in [6, 6.07) is 0. The van der Waals surface area contributed by atoms with Crippen molar-refractivity contribution in [2.75, 3.05) is 0 Å². The number of aliphatic hydroxyl groups is 4. The Morgan fingerprint density at radius 1 is 0.877 bits per heavy atom. The monoisotopic (exact) mass is 868 g/mol. The number of ether oxygens (including phenoxy) is 4. The van der Waals surface area contributed by atoms with E-state index in [4.69, 9.17) is 18.9 Å². The number of aliphatic hydroxyl groups excluding tert-OH is 3. The molecule has 0 aromatic carbocycles. The van der Waals surface area contributed by atoms with E-state index < -0.39 is 89.2 Å². The summed E-state index contributed by atoms with van der Waals surface area (Å²) in [7, 11) is 0. The van der Waals surface area contributed by atoms with Crippen molar-refractivity contribution < 1.29 is 53.8 Å². The molecule has 0 aliphatic carbocycles. The van der Waals surface area contributed by atoms with Crippen molar-refractivity contribution in [2.45, 2.75) is 186 Å². The summed E-state index contributed by atoms with van der Waals surface area (Å²) in [5, 5.41) is 44.8. The maximum atomic E-state index is 14.0. The van der Waals surface area contributed by atoms with Crippen LogP contribution in [0.2, 0.25) is 0 Å². The second kappa shape index (κ2) is 19.9. The Hall–Kier alpha value is -1.51. The largest absolute Gasteiger partial charge is 0.458 e. The van der Waals surface area contributed by atoms with Crippen LogP contribution in [-0.4, -0.2) is 103 Å². The number of carbonyl (C=O) groups excluding carboxylic acids is 3. The molecule has 0 aromatic heterocycles. The van der Waals surface area contributed by atoms with Crippen LogP contribution in [0.3, 0.4) is 0 Å². The summed E-state index contributed by atoms with van der Waals surface area (Å²) in [4.78, 5) is 41.1. The molecule has 4 aliphatic rings. The number of hydrogen-bond acceptors (Lipinski definition) is 11. The first-order valence-corrected chi connectivity index (χ1v) is 22.5. The molecule has 4 rings (SSSR count). The zero-order chi connectivity index (χ0) is 42.7. The van der Waals surface area contributed by atoms with Gasteiger partial charge in [0.15, 0.2) is 11.6 Å². The predicted octanol–water partition coefficient (Wildman–Crippen LogP) is 6.50. The van der Waals surface area contributed by atoms with Gasteiger partial charge in [-0.05, 0) is 70.1 Å². The number of ketones is 2. The van der Waals surface area contributed by atoms with E-state index >= 15 is 0 Å². The molecule has 3 saturated heterocycles. The van der Waals surface area contributed by atoms with Crippen molar-refractivity contribution in [3.63, 3.8) is 0 Å². The molecule has 57 heavy (non-hydrogen) atoms. The third-order valence-electron chi connectivity index (χ3n) is 14.1. The number of Topliss-reactive ketones (excluding diaryl/α,β-unsaturated/α-hetero) is 2. The van der Waals surface area contributed by atoms with Crippen LogP contribution in [0.25, 0.3) is 0 Å². The highest BCUT2D eigenvalue weighted by atomic mass is 79.9. The summed E-state index contributed by atoms with van der Waals surface area (Å²) in [6.07, 6.45) is 6.28. The van der Waals surface area contributed by atoms with Crippen molar-refractivity contribution in [1.29, 1.82) is 0 Å². The maximum Gasteiger partial charge on any atom is 0.330 e. The van der Waals surface area contributed by atoms with Gasteiger partial charge in [0.1, 0.15) is 17.5 Å². The van der Waals surface area contributed by atoms with Crippen molar-refractivity contribution in [3.05, 3.63) is 24.3 Å². The van der Waals surface area contributed by atoms with Gasteiger partial charge in [-0.1, -0.05) is 96.5 Å². The van der Waals surface area contributed by atoms with Gasteiger partial charge in [0.25, 0.3) is 0 Å². The average Bonchev–Trinajstić information content (AvgIpc) is 3.16. The first kappa shape index (κ1) is 48.2. The van der Waals surface area contributed by atoms with Crippen molar-refractivity contribution >= 4 is 33.5 Å². The van der Waals surface area contributed by atoms with Gasteiger partial charge in [-0.25, -0.2) is 4.79 Å². The lowest BCUT2D eigenvalue weighted by atomic mass is 9.74. The summed E-state index contributed by atoms with van der Waals surface area (Å²) >= 11 is 3.79. The van der Waals surface area contributed by atoms with Crippen molar-refractivity contribution in [2.24, 2.45) is 53.3 Å². The molecule has 11 nitrogen and oxygen atoms in total. The minimum atomic E-state index is -1.95. The quantitative estimate of drug-likeness (QED) is 0.139. The summed E-state index contributed by atoms with van der Waals surface area (Å²) < 4.78 is 26.6. The summed E-state index contributed by atoms with van der Waals surface area (Å²) in [5.74, 6) is -6.69. The molecule has 326 valence electrons. The molecule has 12 heteroatoms. The van der Waals surface area contributed by atoms with Crippen molar-refractivity contribution in [1.82, 2.24) is 0 Å². The lowest BCUT2D eigenvalue weighted by Crippen LogP contribution is -2.62. The molecule has 0 aromatic rings. The molecular formula is C45H73BrO11. The zero-order valence-corrected chi connectivity index (χ0v) is 37.8. The summed E-state index contributed by atoms with van der Waals surface area (Å²) in [5.41, 5.74) is -1.95. The van der Waals surface area contributed by atoms with E-state index in [9.17, 15) is 34.8 Å². The predicted molar refractivity (Wildman–Crippen MR) is 221 cm³/mol. The molecule has 20 atom stereocenters. The van der Waals surface area contributed by atoms with Crippen LogP contribution >= 0.6 is 15.9 Å². The van der Waals surface area contributed by atoms with Gasteiger partial charge in [-0.2, -0.15) is 0 Å². The first-order chi connectivity index (χ1) is 26.6. The molecule has 0 radical (unpaired) electrons. The highest BCUT2D eigenvalue weighted by Gasteiger charge is 2.56. The highest BCUT2D eigenvalue weighted by molar-refractivity contribution is 9.09. The molecular weight excluding hydrogens is 796 g/mol. The van der Waals surface area contributed by atoms with Gasteiger partial charge in [0, 0.05) is 52.8 Å². The van der Waals surface area contributed by atoms with Gasteiger partial charge in [-0.15, -0.1) is 0 Å². The second-order valence-corrected chi connectivity index (χ2v) is 19.8. The van der Waals surface area contributed by atoms with Crippen LogP contribution in [0, 0.1) is 53.3 Å². The molecule has 0 unspecified atom stereocenters. The van der Waals surface area contributed by atoms with E-state index in [0.717, 1.165) is 19.3 Å². The Labute approximate surface area is 349 Å². The lowest BCUT2D eigenvalue weighted by molar-refractivity contribution is -0.371. The van der Waals surface area contributed by atoms with Crippen LogP contribution < -0.4 is 0 Å². The van der Waals surface area contributed by atoms with Crippen LogP contribution in [0.15, 0.2) is 24.3 Å². The van der Waals surface area contributed by atoms with Gasteiger partial charge in [-0.3, -0.25) is 9.59 Å². The third-order valence-corrected chi connectivity index (χ3v) is 15.0. The minimum absolute atomic E-state index is 0.0640. The van der Waals surface area contributed by atoms with Gasteiger partial charge in [0.05, 0.1) is 42.7 Å². The number of halogens is 1. The number of fused-ring (bicyclic) bond motifs is 4. The number of carbonyl (C=O) groups is 3. The highest BCUT2D eigenvalue weighted by Crippen LogP contribution is 2.49. The lowest BCUT2D eigenvalue weighted by Gasteiger charge is -2.55. The fraction of sp³-hybridized carbons (Fsp3) is 0.844. The van der Waals surface area contributed by atoms with E-state index in [1.54, 1.807) is 20.8 Å². The number of rotatable bonds is 3. The Bertz CT molecular complexity index is 1430. The zero-order valence-electron chi connectivity index (χ0n) is 36.2. The molecule has 0 amide bonds. The SMILES string of the molecule is CC[C@H]1/C=C/[C@@H]2O[C@@H]([C@H](C)C[C@H]2Br)[C@@](C)(O)C(=O)[C@@H](C)[C@H](O)[C@@H](C)C(=O)[C@@H](C)[C@H](O)[C@@H](C)/C=C/C(=O)O[C@@H]2[C@H](C)[C@H](CC1)O[C@]1(CC[C@H](C)[C@H](C[C@@H](C)O)O1)[C@@H]2C. The third kappa shape index (κ3) is 10.9. The van der Waals surface area contributed by atoms with Crippen LogP contribution in [0.1, 0.15) is 121 Å². The number of allylic oxidation sites excluding steroid dienone is 1. The molecule has 4 N–H and O–H groups in total. The average molecular weight is 870 g/mol. The first-order valence-electron chi connectivity index (χ1n) is 21.6. The Balaban J connectivity index is 1.72. The van der Waals surface area contributed by atoms with Gasteiger partial charge < -0.3 is 39.4 Å². The Morgan fingerprint density at radius 2 is 1.53 bits per heavy atom. The minimum Gasteiger partial charge on any atom is -0.458 e. The summed E-state index contributed by atoms with van der Waals surface area (Å²) in [6.45, 7) is 19.7. The van der Waals surface area contributed by atoms with Crippen molar-refractivity contribution in [3.8, 4) is 0 Å². The number of hydrogen-bond donors (Lipinski definition) is 4. The Kier molecular flexibility index (Phi) is 16.8. The van der Waals surface area contributed by atoms with E-state index in [1.165, 1.54) is 32.9 Å². The molecule has 3 fully saturated rings. The van der Waals surface area contributed by atoms with Crippen LogP contribution in [0.4, 0.5) is 0 Å². The van der Waals surface area contributed by atoms with E-state index in [1.807, 2.05) is 26.8 Å². The topological polar surface area (TPSA) is 169 Å². The van der Waals surface area contributed by atoms with E-state index in [-0.39, 0.29) is 46.6 Å². The molecule has 4 heterocycles. The number of esters is 1. The fourth-order valence-electron chi connectivity index (χ4n) is 9.85. The van der Waals surface area contributed by atoms with Crippen LogP contribution in [-0.2, 0) is 33.3 Å². The van der Waals surface area contributed by atoms with Gasteiger partial charge >= 0.3 is 5.97 Å². The maximum absolute atomic E-state index is 14.0. The molecule has 1 spiro atoms. The van der Waals surface area contributed by atoms with E-state index in [0.29, 0.717) is 25.7 Å². The Morgan fingerprint density at radius 3 is 2.16 bits per heavy atom. The second-order valence-electron chi connectivity index (χ2n) is 18.6. The van der Waals surface area contributed by atoms with Crippen LogP contribution in [0.5, 0.6) is 0 Å². The standard InChI is InChI=1S/C45H73BrO11/c1-12-32-14-16-34-27(6)41(31(10)45(56-34)20-19-23(2)36(57-45)22-26(5)47)55-37(48)18-13-24(3)38(49)28(7)39(50)29(8)40(51)30(9)42(52)44(11,53)43-25(4)21-33(46)35(54-43)17-15-32/h13,15,17-18,23-36,38,40-41,43,47,49,51,53H,12,14,16,19-22H2,1-11H3/b17-15+,18-13+/t23-,24-,25+,26+,27+,28-,29-,30-,31+,32+,33+,34-,35-,36-,38+,40+,41+,43-,44-,45-/m0/s1. The molecule has 4 aliphatic heterocycles. The normalized spacial score (nSPS) is 49.1. The van der Waals surface area contributed by atoms with E-state index in [2.05, 4.69) is 35.9 Å². The smallest absolute Gasteiger partial charge is 0.330 e.